The number of hydrogen-bond donors (Lipinski definition) is 2. The van der Waals surface area contributed by atoms with Crippen molar-refractivity contribution in [1.82, 2.24) is 15.3 Å². The molecule has 3 aliphatic heterocycles. The highest BCUT2D eigenvalue weighted by atomic mass is 16.5. The molecule has 6 bridgehead atoms. The van der Waals surface area contributed by atoms with Gasteiger partial charge in [0.1, 0.15) is 0 Å². The maximum absolute atomic E-state index is 12.6. The van der Waals surface area contributed by atoms with Gasteiger partial charge in [0, 0.05) is 54.9 Å². The Balaban J connectivity index is 1.49. The number of aryl methyl sites for hydroxylation is 1. The van der Waals surface area contributed by atoms with E-state index in [0.717, 1.165) is 72.9 Å². The standard InChI is InChI=1S/C27H31N5O3/c1-19-14-21-4-5-24(19)25-6-8-29-27(31-25)30-22-15-20(18-35-11-3-2-7-28-26(21)33)16-23(17-22)32-9-12-34-13-10-32/h4-6,8,14-17H,2-3,7,9-13,18H2,1H3,(H,28,33)(H,29,30,31). The average molecular weight is 474 g/mol. The van der Waals surface area contributed by atoms with Gasteiger partial charge in [0.05, 0.1) is 25.5 Å². The van der Waals surface area contributed by atoms with E-state index in [2.05, 4.69) is 38.7 Å². The molecule has 1 saturated heterocycles. The molecule has 6 rings (SSSR count). The number of carbonyl (C=O) groups is 1. The number of rotatable bonds is 1. The van der Waals surface area contributed by atoms with Crippen molar-refractivity contribution in [3.8, 4) is 11.3 Å². The first kappa shape index (κ1) is 23.3. The summed E-state index contributed by atoms with van der Waals surface area (Å²) in [5, 5.41) is 6.40. The number of hydrogen-bond acceptors (Lipinski definition) is 7. The van der Waals surface area contributed by atoms with E-state index in [4.69, 9.17) is 14.5 Å². The lowest BCUT2D eigenvalue weighted by atomic mass is 10.0. The number of carbonyl (C=O) groups excluding carboxylic acids is 1. The van der Waals surface area contributed by atoms with Crippen LogP contribution in [0, 0.1) is 6.92 Å². The van der Waals surface area contributed by atoms with Gasteiger partial charge in [-0.05, 0) is 67.3 Å². The largest absolute Gasteiger partial charge is 0.378 e. The smallest absolute Gasteiger partial charge is 0.251 e. The summed E-state index contributed by atoms with van der Waals surface area (Å²) in [7, 11) is 0. The van der Waals surface area contributed by atoms with Crippen molar-refractivity contribution in [2.45, 2.75) is 26.4 Å². The SMILES string of the molecule is Cc1cc2ccc1-c1ccnc(n1)Nc1cc(cc(N3CCOCC3)c1)COCCCCNC2=O. The van der Waals surface area contributed by atoms with E-state index in [0.29, 0.717) is 31.3 Å². The molecule has 8 nitrogen and oxygen atoms in total. The van der Waals surface area contributed by atoms with Gasteiger partial charge >= 0.3 is 0 Å². The number of nitrogens with one attached hydrogen (secondary N) is 2. The molecule has 1 aromatic heterocycles. The lowest BCUT2D eigenvalue weighted by Crippen LogP contribution is -2.36. The Morgan fingerprint density at radius 3 is 2.71 bits per heavy atom. The first-order chi connectivity index (χ1) is 17.2. The van der Waals surface area contributed by atoms with E-state index in [1.165, 1.54) is 0 Å². The molecule has 4 heterocycles. The third kappa shape index (κ3) is 5.78. The third-order valence-corrected chi connectivity index (χ3v) is 6.30. The number of nitrogens with zero attached hydrogens (tertiary/aromatic N) is 3. The predicted molar refractivity (Wildman–Crippen MR) is 136 cm³/mol. The van der Waals surface area contributed by atoms with Crippen LogP contribution in [0.5, 0.6) is 0 Å². The molecule has 3 aliphatic rings. The molecule has 3 aromatic rings. The van der Waals surface area contributed by atoms with E-state index < -0.39 is 0 Å². The fourth-order valence-electron chi connectivity index (χ4n) is 4.45. The molecule has 0 atom stereocenters. The Bertz CT molecular complexity index is 1190. The van der Waals surface area contributed by atoms with Crippen molar-refractivity contribution in [3.63, 3.8) is 0 Å². The van der Waals surface area contributed by atoms with Crippen LogP contribution in [0.3, 0.4) is 0 Å². The van der Waals surface area contributed by atoms with Crippen molar-refractivity contribution in [3.05, 3.63) is 65.4 Å². The Kier molecular flexibility index (Phi) is 7.20. The summed E-state index contributed by atoms with van der Waals surface area (Å²) in [6.07, 6.45) is 3.50. The second-order valence-corrected chi connectivity index (χ2v) is 8.92. The number of morpholine rings is 1. The van der Waals surface area contributed by atoms with Gasteiger partial charge in [-0.25, -0.2) is 9.97 Å². The molecule has 0 aliphatic carbocycles. The van der Waals surface area contributed by atoms with Crippen molar-refractivity contribution in [2.24, 2.45) is 0 Å². The molecule has 2 aromatic carbocycles. The second-order valence-electron chi connectivity index (χ2n) is 8.92. The molecule has 2 N–H and O–H groups in total. The molecular weight excluding hydrogens is 442 g/mol. The van der Waals surface area contributed by atoms with Crippen LogP contribution in [-0.2, 0) is 16.1 Å². The Morgan fingerprint density at radius 1 is 0.971 bits per heavy atom. The molecule has 0 spiro atoms. The number of benzene rings is 2. The molecule has 182 valence electrons. The van der Waals surface area contributed by atoms with E-state index in [1.807, 2.05) is 31.2 Å². The zero-order valence-corrected chi connectivity index (χ0v) is 20.0. The molecule has 8 heteroatoms. The summed E-state index contributed by atoms with van der Waals surface area (Å²) in [4.78, 5) is 24.1. The van der Waals surface area contributed by atoms with Crippen molar-refractivity contribution in [2.75, 3.05) is 49.7 Å². The zero-order chi connectivity index (χ0) is 24.0. The van der Waals surface area contributed by atoms with Gasteiger partial charge in [0.25, 0.3) is 5.91 Å². The topological polar surface area (TPSA) is 88.6 Å². The molecule has 1 amide bonds. The maximum Gasteiger partial charge on any atom is 0.251 e. The zero-order valence-electron chi connectivity index (χ0n) is 20.0. The van der Waals surface area contributed by atoms with Crippen molar-refractivity contribution >= 4 is 23.2 Å². The highest BCUT2D eigenvalue weighted by molar-refractivity contribution is 5.95. The van der Waals surface area contributed by atoms with Gasteiger partial charge in [0.15, 0.2) is 0 Å². The van der Waals surface area contributed by atoms with E-state index in [-0.39, 0.29) is 5.91 Å². The van der Waals surface area contributed by atoms with Gasteiger partial charge < -0.3 is 25.0 Å². The maximum atomic E-state index is 12.6. The molecular formula is C27H31N5O3. The minimum atomic E-state index is -0.0600. The number of aromatic nitrogens is 2. The molecule has 35 heavy (non-hydrogen) atoms. The highest BCUT2D eigenvalue weighted by Crippen LogP contribution is 2.28. The Hall–Kier alpha value is -3.49. The van der Waals surface area contributed by atoms with Gasteiger partial charge in [-0.2, -0.15) is 0 Å². The van der Waals surface area contributed by atoms with Crippen molar-refractivity contribution in [1.29, 1.82) is 0 Å². The Morgan fingerprint density at radius 2 is 1.86 bits per heavy atom. The minimum Gasteiger partial charge on any atom is -0.378 e. The first-order valence-corrected chi connectivity index (χ1v) is 12.2. The third-order valence-electron chi connectivity index (χ3n) is 6.30. The van der Waals surface area contributed by atoms with Crippen LogP contribution >= 0.6 is 0 Å². The quantitative estimate of drug-likeness (QED) is 0.551. The molecule has 0 unspecified atom stereocenters. The fraction of sp³-hybridized carbons (Fsp3) is 0.370. The van der Waals surface area contributed by atoms with Crippen LogP contribution in [-0.4, -0.2) is 55.3 Å². The average Bonchev–Trinajstić information content (AvgIpc) is 2.88. The normalized spacial score (nSPS) is 17.1. The summed E-state index contributed by atoms with van der Waals surface area (Å²) in [6.45, 7) is 6.95. The van der Waals surface area contributed by atoms with Gasteiger partial charge in [0.2, 0.25) is 5.95 Å². The summed E-state index contributed by atoms with van der Waals surface area (Å²) in [5.74, 6) is 0.461. The highest BCUT2D eigenvalue weighted by Gasteiger charge is 2.15. The number of anilines is 3. The fourth-order valence-corrected chi connectivity index (χ4v) is 4.45. The summed E-state index contributed by atoms with van der Waals surface area (Å²) in [5.41, 5.74) is 6.56. The second kappa shape index (κ2) is 10.8. The van der Waals surface area contributed by atoms with E-state index >= 15 is 0 Å². The minimum absolute atomic E-state index is 0.0600. The molecule has 0 saturated carbocycles. The van der Waals surface area contributed by atoms with Crippen LogP contribution < -0.4 is 15.5 Å². The molecule has 0 radical (unpaired) electrons. The van der Waals surface area contributed by atoms with E-state index in [1.54, 1.807) is 6.20 Å². The number of amides is 1. The van der Waals surface area contributed by atoms with Crippen molar-refractivity contribution < 1.29 is 14.3 Å². The van der Waals surface area contributed by atoms with Gasteiger partial charge in [-0.3, -0.25) is 4.79 Å². The summed E-state index contributed by atoms with van der Waals surface area (Å²) in [6, 6.07) is 14.0. The summed E-state index contributed by atoms with van der Waals surface area (Å²) < 4.78 is 11.5. The lowest BCUT2D eigenvalue weighted by molar-refractivity contribution is 0.0945. The molecule has 1 fully saturated rings. The van der Waals surface area contributed by atoms with Crippen LogP contribution in [0.15, 0.2) is 48.7 Å². The van der Waals surface area contributed by atoms with E-state index in [9.17, 15) is 4.79 Å². The first-order valence-electron chi connectivity index (χ1n) is 12.2. The number of fused-ring (bicyclic) bond motifs is 9. The van der Waals surface area contributed by atoms with Gasteiger partial charge in [-0.15, -0.1) is 0 Å². The Labute approximate surface area is 205 Å². The van der Waals surface area contributed by atoms with Crippen LogP contribution in [0.25, 0.3) is 11.3 Å². The van der Waals surface area contributed by atoms with Gasteiger partial charge in [-0.1, -0.05) is 6.07 Å². The number of ether oxygens (including phenoxy) is 2. The predicted octanol–water partition coefficient (Wildman–Crippen LogP) is 4.07. The monoisotopic (exact) mass is 473 g/mol. The van der Waals surface area contributed by atoms with Crippen LogP contribution in [0.2, 0.25) is 0 Å². The van der Waals surface area contributed by atoms with Crippen LogP contribution in [0.4, 0.5) is 17.3 Å². The summed E-state index contributed by atoms with van der Waals surface area (Å²) >= 11 is 0. The lowest BCUT2D eigenvalue weighted by Gasteiger charge is -2.29. The van der Waals surface area contributed by atoms with Crippen LogP contribution in [0.1, 0.15) is 34.3 Å².